The molecule has 0 bridgehead atoms. The molecule has 0 fully saturated rings. The van der Waals surface area contributed by atoms with Crippen LogP contribution >= 0.6 is 0 Å². The van der Waals surface area contributed by atoms with Crippen molar-refractivity contribution in [2.24, 2.45) is 5.92 Å². The number of fused-ring (bicyclic) bond motifs is 1. The molecule has 0 atom stereocenters. The Morgan fingerprint density at radius 2 is 2.12 bits per heavy atom. The molecule has 16 heavy (non-hydrogen) atoms. The number of para-hydroxylation sites is 2. The van der Waals surface area contributed by atoms with Gasteiger partial charge in [-0.15, -0.1) is 0 Å². The largest absolute Gasteiger partial charge is 0.361 e. The molecular weight excluding hydrogens is 200 g/mol. The minimum Gasteiger partial charge on any atom is -0.361 e. The second-order valence-corrected chi connectivity index (χ2v) is 4.67. The number of nitrogens with zero attached hydrogens (tertiary/aromatic N) is 1. The van der Waals surface area contributed by atoms with Gasteiger partial charge < -0.3 is 10.2 Å². The lowest BCUT2D eigenvalue weighted by molar-refractivity contribution is -0.115. The first kappa shape index (κ1) is 11.0. The Bertz CT molecular complexity index is 387. The fourth-order valence-corrected chi connectivity index (χ4v) is 1.92. The Labute approximate surface area is 96.5 Å². The molecular formula is C13H18N2O. The van der Waals surface area contributed by atoms with E-state index < -0.39 is 0 Å². The summed E-state index contributed by atoms with van der Waals surface area (Å²) in [6, 6.07) is 7.98. The average molecular weight is 218 g/mol. The van der Waals surface area contributed by atoms with Gasteiger partial charge in [0.15, 0.2) is 0 Å². The Hall–Kier alpha value is -1.51. The van der Waals surface area contributed by atoms with Crippen LogP contribution in [-0.4, -0.2) is 19.0 Å². The quantitative estimate of drug-likeness (QED) is 0.845. The smallest absolute Gasteiger partial charge is 0.243 e. The molecule has 1 aliphatic heterocycles. The highest BCUT2D eigenvalue weighted by molar-refractivity contribution is 6.01. The molecule has 0 spiro atoms. The Morgan fingerprint density at radius 1 is 1.38 bits per heavy atom. The normalized spacial score (nSPS) is 14.9. The van der Waals surface area contributed by atoms with E-state index in [2.05, 4.69) is 30.1 Å². The van der Waals surface area contributed by atoms with Crippen LogP contribution in [0.4, 0.5) is 11.4 Å². The summed E-state index contributed by atoms with van der Waals surface area (Å²) < 4.78 is 0. The summed E-state index contributed by atoms with van der Waals surface area (Å²) in [5.41, 5.74) is 2.07. The first-order chi connectivity index (χ1) is 7.66. The summed E-state index contributed by atoms with van der Waals surface area (Å²) in [6.07, 6.45) is 1.11. The standard InChI is InChI=1S/C13H18N2O/c1-10(2)7-8-15-9-13(16)14-11-5-3-4-6-12(11)15/h3-6,10H,7-9H2,1-2H3,(H,14,16). The van der Waals surface area contributed by atoms with Gasteiger partial charge in [-0.25, -0.2) is 0 Å². The highest BCUT2D eigenvalue weighted by Gasteiger charge is 2.20. The van der Waals surface area contributed by atoms with Crippen molar-refractivity contribution in [3.05, 3.63) is 24.3 Å². The molecule has 86 valence electrons. The predicted molar refractivity (Wildman–Crippen MR) is 66.7 cm³/mol. The summed E-state index contributed by atoms with van der Waals surface area (Å²) in [5.74, 6) is 0.750. The van der Waals surface area contributed by atoms with E-state index in [0.29, 0.717) is 12.5 Å². The predicted octanol–water partition coefficient (Wildman–Crippen LogP) is 2.49. The van der Waals surface area contributed by atoms with Crippen LogP contribution in [0.2, 0.25) is 0 Å². The topological polar surface area (TPSA) is 32.3 Å². The Morgan fingerprint density at radius 3 is 2.88 bits per heavy atom. The number of benzene rings is 1. The van der Waals surface area contributed by atoms with Gasteiger partial charge in [0, 0.05) is 6.54 Å². The van der Waals surface area contributed by atoms with Crippen LogP contribution in [0.15, 0.2) is 24.3 Å². The van der Waals surface area contributed by atoms with E-state index in [0.717, 1.165) is 24.3 Å². The molecule has 0 saturated carbocycles. The fourth-order valence-electron chi connectivity index (χ4n) is 1.92. The molecule has 0 aromatic heterocycles. The van der Waals surface area contributed by atoms with Crippen molar-refractivity contribution in [1.29, 1.82) is 0 Å². The molecule has 3 nitrogen and oxygen atoms in total. The Balaban J connectivity index is 2.17. The van der Waals surface area contributed by atoms with E-state index in [1.54, 1.807) is 0 Å². The number of rotatable bonds is 3. The second-order valence-electron chi connectivity index (χ2n) is 4.67. The zero-order valence-electron chi connectivity index (χ0n) is 9.86. The van der Waals surface area contributed by atoms with Gasteiger partial charge in [0.25, 0.3) is 0 Å². The second kappa shape index (κ2) is 4.56. The van der Waals surface area contributed by atoms with E-state index in [4.69, 9.17) is 0 Å². The third-order valence-corrected chi connectivity index (χ3v) is 2.83. The monoisotopic (exact) mass is 218 g/mol. The first-order valence-corrected chi connectivity index (χ1v) is 5.80. The van der Waals surface area contributed by atoms with Crippen molar-refractivity contribution < 1.29 is 4.79 Å². The van der Waals surface area contributed by atoms with Crippen LogP contribution in [0, 0.1) is 5.92 Å². The minimum absolute atomic E-state index is 0.0856. The third-order valence-electron chi connectivity index (χ3n) is 2.83. The van der Waals surface area contributed by atoms with E-state index in [-0.39, 0.29) is 5.91 Å². The van der Waals surface area contributed by atoms with Crippen LogP contribution in [0.1, 0.15) is 20.3 Å². The Kier molecular flexibility index (Phi) is 3.13. The lowest BCUT2D eigenvalue weighted by Gasteiger charge is -2.31. The molecule has 0 radical (unpaired) electrons. The average Bonchev–Trinajstić information content (AvgIpc) is 2.25. The van der Waals surface area contributed by atoms with Crippen LogP contribution < -0.4 is 10.2 Å². The molecule has 1 amide bonds. The van der Waals surface area contributed by atoms with Crippen molar-refractivity contribution in [3.63, 3.8) is 0 Å². The van der Waals surface area contributed by atoms with Crippen LogP contribution in [0.5, 0.6) is 0 Å². The summed E-state index contributed by atoms with van der Waals surface area (Å²) >= 11 is 0. The molecule has 2 rings (SSSR count). The van der Waals surface area contributed by atoms with Crippen molar-refractivity contribution in [2.75, 3.05) is 23.3 Å². The van der Waals surface area contributed by atoms with Gasteiger partial charge >= 0.3 is 0 Å². The molecule has 1 heterocycles. The minimum atomic E-state index is 0.0856. The number of amides is 1. The number of hydrogen-bond acceptors (Lipinski definition) is 2. The van der Waals surface area contributed by atoms with Crippen molar-refractivity contribution in [3.8, 4) is 0 Å². The van der Waals surface area contributed by atoms with Crippen LogP contribution in [-0.2, 0) is 4.79 Å². The maximum absolute atomic E-state index is 11.5. The van der Waals surface area contributed by atoms with Crippen LogP contribution in [0.25, 0.3) is 0 Å². The molecule has 0 aliphatic carbocycles. The van der Waals surface area contributed by atoms with Gasteiger partial charge in [-0.2, -0.15) is 0 Å². The van der Waals surface area contributed by atoms with E-state index in [1.165, 1.54) is 0 Å². The third kappa shape index (κ3) is 2.35. The summed E-state index contributed by atoms with van der Waals surface area (Å²) in [7, 11) is 0. The summed E-state index contributed by atoms with van der Waals surface area (Å²) in [5, 5.41) is 2.90. The van der Waals surface area contributed by atoms with Gasteiger partial charge in [0.05, 0.1) is 17.9 Å². The maximum atomic E-state index is 11.5. The lowest BCUT2D eigenvalue weighted by atomic mass is 10.1. The first-order valence-electron chi connectivity index (χ1n) is 5.80. The van der Waals surface area contributed by atoms with E-state index in [1.807, 2.05) is 18.2 Å². The molecule has 1 aromatic carbocycles. The molecule has 0 unspecified atom stereocenters. The zero-order valence-corrected chi connectivity index (χ0v) is 9.86. The fraction of sp³-hybridized carbons (Fsp3) is 0.462. The van der Waals surface area contributed by atoms with E-state index in [9.17, 15) is 4.79 Å². The zero-order chi connectivity index (χ0) is 11.5. The summed E-state index contributed by atoms with van der Waals surface area (Å²) in [6.45, 7) is 5.83. The highest BCUT2D eigenvalue weighted by atomic mass is 16.2. The number of carbonyl (C=O) groups excluding carboxylic acids is 1. The molecule has 3 heteroatoms. The van der Waals surface area contributed by atoms with Crippen molar-refractivity contribution in [1.82, 2.24) is 0 Å². The molecule has 0 saturated heterocycles. The van der Waals surface area contributed by atoms with Gasteiger partial charge in [0.2, 0.25) is 5.91 Å². The van der Waals surface area contributed by atoms with Crippen LogP contribution in [0.3, 0.4) is 0 Å². The lowest BCUT2D eigenvalue weighted by Crippen LogP contribution is -2.39. The van der Waals surface area contributed by atoms with E-state index >= 15 is 0 Å². The summed E-state index contributed by atoms with van der Waals surface area (Å²) in [4.78, 5) is 13.7. The maximum Gasteiger partial charge on any atom is 0.243 e. The molecule has 1 aromatic rings. The van der Waals surface area contributed by atoms with Gasteiger partial charge in [-0.3, -0.25) is 4.79 Å². The molecule has 1 N–H and O–H groups in total. The van der Waals surface area contributed by atoms with Gasteiger partial charge in [-0.1, -0.05) is 26.0 Å². The van der Waals surface area contributed by atoms with Gasteiger partial charge in [0.1, 0.15) is 0 Å². The SMILES string of the molecule is CC(C)CCN1CC(=O)Nc2ccccc21. The molecule has 1 aliphatic rings. The van der Waals surface area contributed by atoms with Gasteiger partial charge in [-0.05, 0) is 24.5 Å². The number of anilines is 2. The van der Waals surface area contributed by atoms with Crippen molar-refractivity contribution >= 4 is 17.3 Å². The van der Waals surface area contributed by atoms with Crippen molar-refractivity contribution in [2.45, 2.75) is 20.3 Å². The number of hydrogen-bond donors (Lipinski definition) is 1. The highest BCUT2D eigenvalue weighted by Crippen LogP contribution is 2.29. The number of carbonyl (C=O) groups is 1. The number of nitrogens with one attached hydrogen (secondary N) is 1.